The predicted molar refractivity (Wildman–Crippen MR) is 90.3 cm³/mol. The fourth-order valence-corrected chi connectivity index (χ4v) is 3.02. The topological polar surface area (TPSA) is 79.4 Å². The molecule has 0 saturated carbocycles. The number of anilines is 1. The summed E-state index contributed by atoms with van der Waals surface area (Å²) in [4.78, 5) is 12.7. The molecule has 1 atom stereocenters. The second kappa shape index (κ2) is 6.59. The van der Waals surface area contributed by atoms with Gasteiger partial charge in [-0.2, -0.15) is 5.26 Å². The van der Waals surface area contributed by atoms with Crippen LogP contribution in [-0.4, -0.2) is 24.1 Å². The summed E-state index contributed by atoms with van der Waals surface area (Å²) in [6.07, 6.45) is 0.799. The van der Waals surface area contributed by atoms with Crippen LogP contribution in [0.15, 0.2) is 42.5 Å². The summed E-state index contributed by atoms with van der Waals surface area (Å²) in [5, 5.41) is 19.7. The van der Waals surface area contributed by atoms with Crippen LogP contribution in [0, 0.1) is 21.4 Å². The maximum absolute atomic E-state index is 10.9. The van der Waals surface area contributed by atoms with Gasteiger partial charge in [0, 0.05) is 23.9 Å². The minimum Gasteiger partial charge on any atom is -0.492 e. The Kier molecular flexibility index (Phi) is 4.34. The summed E-state index contributed by atoms with van der Waals surface area (Å²) in [5.74, 6) is 0.727. The van der Waals surface area contributed by atoms with E-state index in [-0.39, 0.29) is 16.7 Å². The van der Waals surface area contributed by atoms with Gasteiger partial charge >= 0.3 is 0 Å². The van der Waals surface area contributed by atoms with Crippen molar-refractivity contribution in [2.24, 2.45) is 0 Å². The molecular weight excluding hydrogens is 306 g/mol. The van der Waals surface area contributed by atoms with Crippen LogP contribution >= 0.6 is 0 Å². The van der Waals surface area contributed by atoms with E-state index < -0.39 is 0 Å². The van der Waals surface area contributed by atoms with E-state index in [9.17, 15) is 10.1 Å². The number of hydrogen-bond donors (Lipinski definition) is 0. The molecule has 6 nitrogen and oxygen atoms in total. The Morgan fingerprint density at radius 2 is 2.08 bits per heavy atom. The average molecular weight is 323 g/mol. The largest absolute Gasteiger partial charge is 0.492 e. The van der Waals surface area contributed by atoms with Crippen LogP contribution in [-0.2, 0) is 6.42 Å². The van der Waals surface area contributed by atoms with E-state index in [1.807, 2.05) is 6.07 Å². The van der Waals surface area contributed by atoms with E-state index in [0.717, 1.165) is 23.4 Å². The van der Waals surface area contributed by atoms with Crippen molar-refractivity contribution < 1.29 is 9.66 Å². The molecule has 0 saturated heterocycles. The predicted octanol–water partition coefficient (Wildman–Crippen LogP) is 3.30. The number of benzene rings is 2. The third kappa shape index (κ3) is 3.15. The molecule has 0 aromatic heterocycles. The van der Waals surface area contributed by atoms with Crippen LogP contribution < -0.4 is 9.64 Å². The minimum absolute atomic E-state index is 0.136. The Bertz CT molecular complexity index is 796. The molecule has 0 fully saturated rings. The molecule has 122 valence electrons. The summed E-state index contributed by atoms with van der Waals surface area (Å²) in [6.45, 7) is 3.31. The molecule has 2 aromatic rings. The van der Waals surface area contributed by atoms with Crippen molar-refractivity contribution in [3.05, 3.63) is 63.7 Å². The molecule has 0 amide bonds. The number of nitro benzene ring substituents is 1. The standard InChI is InChI=1S/C18H17N3O3/c1-13-10-15-11-16(21(22)23)4-7-18(15)20(13)8-9-24-17-5-2-14(12-19)3-6-17/h2-7,11,13H,8-10H2,1H3. The highest BCUT2D eigenvalue weighted by Crippen LogP contribution is 2.34. The van der Waals surface area contributed by atoms with Gasteiger partial charge in [0.05, 0.1) is 23.1 Å². The summed E-state index contributed by atoms with van der Waals surface area (Å²) in [7, 11) is 0. The summed E-state index contributed by atoms with van der Waals surface area (Å²) < 4.78 is 5.73. The Labute approximate surface area is 140 Å². The Morgan fingerprint density at radius 1 is 1.33 bits per heavy atom. The van der Waals surface area contributed by atoms with E-state index in [4.69, 9.17) is 10.00 Å². The van der Waals surface area contributed by atoms with Gasteiger partial charge in [0.2, 0.25) is 0 Å². The first-order valence-corrected chi connectivity index (χ1v) is 7.75. The van der Waals surface area contributed by atoms with Crippen molar-refractivity contribution in [2.45, 2.75) is 19.4 Å². The van der Waals surface area contributed by atoms with Crippen molar-refractivity contribution in [1.82, 2.24) is 0 Å². The van der Waals surface area contributed by atoms with E-state index in [1.165, 1.54) is 0 Å². The van der Waals surface area contributed by atoms with Gasteiger partial charge in [-0.05, 0) is 49.2 Å². The van der Waals surface area contributed by atoms with Gasteiger partial charge in [-0.1, -0.05) is 0 Å². The molecule has 1 aliphatic heterocycles. The summed E-state index contributed by atoms with van der Waals surface area (Å²) in [5.41, 5.74) is 2.79. The quantitative estimate of drug-likeness (QED) is 0.623. The number of ether oxygens (including phenoxy) is 1. The second-order valence-electron chi connectivity index (χ2n) is 5.80. The first kappa shape index (κ1) is 15.8. The molecule has 0 radical (unpaired) electrons. The number of nitrogens with zero attached hydrogens (tertiary/aromatic N) is 3. The molecule has 1 unspecified atom stereocenters. The van der Waals surface area contributed by atoms with Crippen LogP contribution in [0.1, 0.15) is 18.1 Å². The highest BCUT2D eigenvalue weighted by molar-refractivity contribution is 5.62. The van der Waals surface area contributed by atoms with Gasteiger partial charge in [0.25, 0.3) is 5.69 Å². The zero-order valence-corrected chi connectivity index (χ0v) is 13.3. The molecule has 1 heterocycles. The van der Waals surface area contributed by atoms with Crippen LogP contribution in [0.25, 0.3) is 0 Å². The van der Waals surface area contributed by atoms with Gasteiger partial charge in [0.15, 0.2) is 0 Å². The maximum Gasteiger partial charge on any atom is 0.269 e. The second-order valence-corrected chi connectivity index (χ2v) is 5.80. The van der Waals surface area contributed by atoms with Crippen molar-refractivity contribution in [3.8, 4) is 11.8 Å². The SMILES string of the molecule is CC1Cc2cc([N+](=O)[O-])ccc2N1CCOc1ccc(C#N)cc1. The molecule has 1 aliphatic rings. The molecule has 0 aliphatic carbocycles. The third-order valence-electron chi connectivity index (χ3n) is 4.22. The highest BCUT2D eigenvalue weighted by atomic mass is 16.6. The van der Waals surface area contributed by atoms with Crippen molar-refractivity contribution >= 4 is 11.4 Å². The molecule has 2 aromatic carbocycles. The fraction of sp³-hybridized carbons (Fsp3) is 0.278. The third-order valence-corrected chi connectivity index (χ3v) is 4.22. The summed E-state index contributed by atoms with van der Waals surface area (Å²) >= 11 is 0. The Hall–Kier alpha value is -3.07. The lowest BCUT2D eigenvalue weighted by Crippen LogP contribution is -2.33. The van der Waals surface area contributed by atoms with Gasteiger partial charge in [-0.25, -0.2) is 0 Å². The van der Waals surface area contributed by atoms with Gasteiger partial charge in [-0.3, -0.25) is 10.1 Å². The van der Waals surface area contributed by atoms with Crippen LogP contribution in [0.3, 0.4) is 0 Å². The number of nitro groups is 1. The lowest BCUT2D eigenvalue weighted by Gasteiger charge is -2.24. The number of non-ortho nitro benzene ring substituents is 1. The lowest BCUT2D eigenvalue weighted by molar-refractivity contribution is -0.384. The van der Waals surface area contributed by atoms with Gasteiger partial charge in [-0.15, -0.1) is 0 Å². The van der Waals surface area contributed by atoms with E-state index >= 15 is 0 Å². The zero-order chi connectivity index (χ0) is 17.1. The molecule has 0 N–H and O–H groups in total. The van der Waals surface area contributed by atoms with Crippen LogP contribution in [0.4, 0.5) is 11.4 Å². The Morgan fingerprint density at radius 3 is 2.75 bits per heavy atom. The number of fused-ring (bicyclic) bond motifs is 1. The van der Waals surface area contributed by atoms with E-state index in [1.54, 1.807) is 36.4 Å². The summed E-state index contributed by atoms with van der Waals surface area (Å²) in [6, 6.07) is 14.4. The molecule has 0 spiro atoms. The molecule has 6 heteroatoms. The molecule has 3 rings (SSSR count). The van der Waals surface area contributed by atoms with Crippen LogP contribution in [0.2, 0.25) is 0 Å². The molecule has 0 bridgehead atoms. The number of hydrogen-bond acceptors (Lipinski definition) is 5. The van der Waals surface area contributed by atoms with E-state index in [2.05, 4.69) is 17.9 Å². The highest BCUT2D eigenvalue weighted by Gasteiger charge is 2.27. The number of nitriles is 1. The van der Waals surface area contributed by atoms with Crippen LogP contribution in [0.5, 0.6) is 5.75 Å². The fourth-order valence-electron chi connectivity index (χ4n) is 3.02. The van der Waals surface area contributed by atoms with Crippen molar-refractivity contribution in [2.75, 3.05) is 18.1 Å². The average Bonchev–Trinajstić information content (AvgIpc) is 2.90. The van der Waals surface area contributed by atoms with Gasteiger partial charge in [0.1, 0.15) is 12.4 Å². The maximum atomic E-state index is 10.9. The number of rotatable bonds is 5. The molecular formula is C18H17N3O3. The molecule has 24 heavy (non-hydrogen) atoms. The van der Waals surface area contributed by atoms with Crippen molar-refractivity contribution in [3.63, 3.8) is 0 Å². The smallest absolute Gasteiger partial charge is 0.269 e. The normalized spacial score (nSPS) is 15.7. The first-order chi connectivity index (χ1) is 11.6. The van der Waals surface area contributed by atoms with E-state index in [0.29, 0.717) is 18.7 Å². The van der Waals surface area contributed by atoms with Gasteiger partial charge < -0.3 is 9.64 Å². The minimum atomic E-state index is -0.360. The monoisotopic (exact) mass is 323 g/mol. The first-order valence-electron chi connectivity index (χ1n) is 7.75. The van der Waals surface area contributed by atoms with Crippen molar-refractivity contribution in [1.29, 1.82) is 5.26 Å². The zero-order valence-electron chi connectivity index (χ0n) is 13.3. The lowest BCUT2D eigenvalue weighted by atomic mass is 10.1. The Balaban J connectivity index is 1.64.